The number of nitrogens with zero attached hydrogens (tertiary/aromatic N) is 3. The normalized spacial score (nSPS) is 21.3. The summed E-state index contributed by atoms with van der Waals surface area (Å²) in [6, 6.07) is 15.0. The summed E-state index contributed by atoms with van der Waals surface area (Å²) >= 11 is 0. The summed E-state index contributed by atoms with van der Waals surface area (Å²) in [5.41, 5.74) is 1.54. The Kier molecular flexibility index (Phi) is 9.87. The second-order valence-corrected chi connectivity index (χ2v) is 10.4. The van der Waals surface area contributed by atoms with Crippen molar-refractivity contribution in [2.75, 3.05) is 58.9 Å². The summed E-state index contributed by atoms with van der Waals surface area (Å²) in [4.78, 5) is 31.8. The van der Waals surface area contributed by atoms with Crippen LogP contribution in [0.5, 0.6) is 11.5 Å². The van der Waals surface area contributed by atoms with Crippen LogP contribution in [0.15, 0.2) is 48.5 Å². The van der Waals surface area contributed by atoms with Gasteiger partial charge in [-0.2, -0.15) is 0 Å². The summed E-state index contributed by atoms with van der Waals surface area (Å²) in [5.74, 6) is 1.01. The Labute approximate surface area is 226 Å². The Balaban J connectivity index is 1.46. The third kappa shape index (κ3) is 7.40. The predicted molar refractivity (Wildman–Crippen MR) is 148 cm³/mol. The molecule has 1 fully saturated rings. The van der Waals surface area contributed by atoms with Crippen molar-refractivity contribution in [3.63, 3.8) is 0 Å². The fourth-order valence-corrected chi connectivity index (χ4v) is 4.92. The summed E-state index contributed by atoms with van der Waals surface area (Å²) in [5, 5.41) is 0. The van der Waals surface area contributed by atoms with Gasteiger partial charge in [-0.25, -0.2) is 0 Å². The first-order valence-electron chi connectivity index (χ1n) is 13.7. The van der Waals surface area contributed by atoms with Crippen LogP contribution in [0.4, 0.5) is 5.69 Å². The first-order chi connectivity index (χ1) is 18.4. The monoisotopic (exact) mass is 523 g/mol. The van der Waals surface area contributed by atoms with Crippen LogP contribution in [-0.2, 0) is 9.53 Å². The number of carbonyl (C=O) groups excluding carboxylic acids is 2. The highest BCUT2D eigenvalue weighted by Crippen LogP contribution is 2.26. The maximum absolute atomic E-state index is 13.2. The first-order valence-corrected chi connectivity index (χ1v) is 13.7. The van der Waals surface area contributed by atoms with E-state index in [0.717, 1.165) is 50.8 Å². The lowest BCUT2D eigenvalue weighted by atomic mass is 10.1. The van der Waals surface area contributed by atoms with Gasteiger partial charge in [-0.15, -0.1) is 0 Å². The Morgan fingerprint density at radius 2 is 1.71 bits per heavy atom. The highest BCUT2D eigenvalue weighted by molar-refractivity contribution is 5.96. The summed E-state index contributed by atoms with van der Waals surface area (Å²) in [6.45, 7) is 2.10. The van der Waals surface area contributed by atoms with Gasteiger partial charge in [0, 0.05) is 46.0 Å². The highest BCUT2D eigenvalue weighted by Gasteiger charge is 2.38. The molecule has 0 unspecified atom stereocenters. The molecule has 2 aliphatic rings. The van der Waals surface area contributed by atoms with E-state index in [9.17, 15) is 9.59 Å². The van der Waals surface area contributed by atoms with Gasteiger partial charge in [-0.1, -0.05) is 43.9 Å². The standard InChI is InChI=1S/C30H41N3O5/c1-31(2)23-13-12-14-24(19-23)37-22-29(34)33-20-27-28(21-33)38-26-16-9-8-15-25(26)30(35)32(3)17-10-6-4-5-7-11-18-36-27/h8-9,12-16,19,27-28H,4-7,10-11,17-18,20-22H2,1-3H3/t27-,28-/m1/s1. The second kappa shape index (κ2) is 13.5. The number of para-hydroxylation sites is 1. The molecular formula is C30H41N3O5. The van der Waals surface area contributed by atoms with Crippen LogP contribution in [0.1, 0.15) is 48.9 Å². The van der Waals surface area contributed by atoms with E-state index in [1.165, 1.54) is 0 Å². The lowest BCUT2D eigenvalue weighted by Crippen LogP contribution is -2.35. The number of benzene rings is 2. The summed E-state index contributed by atoms with van der Waals surface area (Å²) < 4.78 is 18.5. The smallest absolute Gasteiger partial charge is 0.260 e. The molecule has 8 nitrogen and oxygen atoms in total. The predicted octanol–water partition coefficient (Wildman–Crippen LogP) is 4.23. The van der Waals surface area contributed by atoms with Crippen molar-refractivity contribution in [3.8, 4) is 11.5 Å². The van der Waals surface area contributed by atoms with Crippen LogP contribution in [-0.4, -0.2) is 87.8 Å². The minimum Gasteiger partial charge on any atom is -0.485 e. The Morgan fingerprint density at radius 1 is 0.974 bits per heavy atom. The number of fused-ring (bicyclic) bond motifs is 2. The van der Waals surface area contributed by atoms with Crippen molar-refractivity contribution in [3.05, 3.63) is 54.1 Å². The van der Waals surface area contributed by atoms with Crippen LogP contribution in [0.3, 0.4) is 0 Å². The molecule has 2 amide bonds. The third-order valence-electron chi connectivity index (χ3n) is 7.23. The van der Waals surface area contributed by atoms with Gasteiger partial charge >= 0.3 is 0 Å². The number of anilines is 1. The number of rotatable bonds is 4. The van der Waals surface area contributed by atoms with E-state index in [0.29, 0.717) is 36.8 Å². The van der Waals surface area contributed by atoms with E-state index in [4.69, 9.17) is 14.2 Å². The fourth-order valence-electron chi connectivity index (χ4n) is 4.92. The molecule has 2 atom stereocenters. The maximum atomic E-state index is 13.2. The lowest BCUT2D eigenvalue weighted by Gasteiger charge is -2.24. The molecule has 0 aromatic heterocycles. The number of amides is 2. The van der Waals surface area contributed by atoms with Crippen molar-refractivity contribution in [2.24, 2.45) is 0 Å². The molecule has 8 heteroatoms. The molecule has 0 spiro atoms. The Bertz CT molecular complexity index is 1080. The van der Waals surface area contributed by atoms with E-state index in [-0.39, 0.29) is 30.6 Å². The van der Waals surface area contributed by atoms with Crippen molar-refractivity contribution in [1.82, 2.24) is 9.80 Å². The van der Waals surface area contributed by atoms with Crippen LogP contribution >= 0.6 is 0 Å². The van der Waals surface area contributed by atoms with Gasteiger partial charge in [-0.3, -0.25) is 9.59 Å². The van der Waals surface area contributed by atoms with Crippen molar-refractivity contribution in [2.45, 2.75) is 50.7 Å². The quantitative estimate of drug-likeness (QED) is 0.597. The van der Waals surface area contributed by atoms with Gasteiger partial charge < -0.3 is 28.9 Å². The van der Waals surface area contributed by atoms with E-state index >= 15 is 0 Å². The SMILES string of the molecule is CN1CCCCCCCCO[C@@H]2CN(C(=O)COc3cccc(N(C)C)c3)C[C@H]2Oc2ccccc2C1=O. The average Bonchev–Trinajstić information content (AvgIpc) is 3.32. The van der Waals surface area contributed by atoms with Crippen molar-refractivity contribution < 1.29 is 23.8 Å². The van der Waals surface area contributed by atoms with Gasteiger partial charge in [0.15, 0.2) is 6.61 Å². The molecular weight excluding hydrogens is 482 g/mol. The molecule has 0 bridgehead atoms. The lowest BCUT2D eigenvalue weighted by molar-refractivity contribution is -0.132. The Hall–Kier alpha value is -3.26. The van der Waals surface area contributed by atoms with E-state index < -0.39 is 0 Å². The molecule has 0 saturated carbocycles. The van der Waals surface area contributed by atoms with Crippen LogP contribution < -0.4 is 14.4 Å². The van der Waals surface area contributed by atoms with E-state index in [2.05, 4.69) is 0 Å². The average molecular weight is 524 g/mol. The number of hydrogen-bond acceptors (Lipinski definition) is 6. The summed E-state index contributed by atoms with van der Waals surface area (Å²) in [7, 11) is 5.77. The third-order valence-corrected chi connectivity index (χ3v) is 7.23. The minimum absolute atomic E-state index is 0.0514. The second-order valence-electron chi connectivity index (χ2n) is 10.4. The fraction of sp³-hybridized carbons (Fsp3) is 0.533. The molecule has 2 aliphatic heterocycles. The number of ether oxygens (including phenoxy) is 3. The van der Waals surface area contributed by atoms with Gasteiger partial charge in [0.1, 0.15) is 23.7 Å². The number of likely N-dealkylation sites (tertiary alicyclic amines) is 1. The molecule has 38 heavy (non-hydrogen) atoms. The number of carbonyl (C=O) groups is 2. The van der Waals surface area contributed by atoms with Crippen LogP contribution in [0, 0.1) is 0 Å². The van der Waals surface area contributed by atoms with Crippen molar-refractivity contribution >= 4 is 17.5 Å². The minimum atomic E-state index is -0.372. The molecule has 0 N–H and O–H groups in total. The molecule has 2 aromatic rings. The molecule has 206 valence electrons. The maximum Gasteiger partial charge on any atom is 0.260 e. The molecule has 2 aromatic carbocycles. The zero-order valence-corrected chi connectivity index (χ0v) is 22.9. The molecule has 2 heterocycles. The van der Waals surface area contributed by atoms with E-state index in [1.807, 2.05) is 68.5 Å². The molecule has 4 rings (SSSR count). The van der Waals surface area contributed by atoms with Gasteiger partial charge in [0.2, 0.25) is 0 Å². The Morgan fingerprint density at radius 3 is 2.53 bits per heavy atom. The number of hydrogen-bond donors (Lipinski definition) is 0. The van der Waals surface area contributed by atoms with Crippen LogP contribution in [0.2, 0.25) is 0 Å². The largest absolute Gasteiger partial charge is 0.485 e. The highest BCUT2D eigenvalue weighted by atomic mass is 16.5. The van der Waals surface area contributed by atoms with Gasteiger partial charge in [0.05, 0.1) is 18.7 Å². The first kappa shape index (κ1) is 27.8. The molecule has 0 aliphatic carbocycles. The van der Waals surface area contributed by atoms with Crippen molar-refractivity contribution in [1.29, 1.82) is 0 Å². The zero-order valence-electron chi connectivity index (χ0n) is 22.9. The topological polar surface area (TPSA) is 71.6 Å². The van der Waals surface area contributed by atoms with E-state index in [1.54, 1.807) is 15.9 Å². The molecule has 1 saturated heterocycles. The summed E-state index contributed by atoms with van der Waals surface area (Å²) in [6.07, 6.45) is 5.87. The van der Waals surface area contributed by atoms with Gasteiger partial charge in [-0.05, 0) is 37.1 Å². The van der Waals surface area contributed by atoms with Crippen LogP contribution in [0.25, 0.3) is 0 Å². The van der Waals surface area contributed by atoms with Gasteiger partial charge in [0.25, 0.3) is 11.8 Å². The molecule has 0 radical (unpaired) electrons. The zero-order chi connectivity index (χ0) is 26.9.